The van der Waals surface area contributed by atoms with Crippen LogP contribution >= 0.6 is 0 Å². The van der Waals surface area contributed by atoms with Gasteiger partial charge in [-0.2, -0.15) is 0 Å². The first-order valence-electron chi connectivity index (χ1n) is 8.26. The van der Waals surface area contributed by atoms with Gasteiger partial charge in [-0.05, 0) is 37.3 Å². The summed E-state index contributed by atoms with van der Waals surface area (Å²) >= 11 is 0. The largest absolute Gasteiger partial charge is 0.348 e. The van der Waals surface area contributed by atoms with Crippen molar-refractivity contribution in [3.63, 3.8) is 0 Å². The molecule has 130 valence electrons. The van der Waals surface area contributed by atoms with Crippen molar-refractivity contribution in [1.82, 2.24) is 15.5 Å². The first-order valence-corrected chi connectivity index (χ1v) is 8.26. The molecule has 1 aliphatic heterocycles. The molecule has 2 rings (SSSR count). The van der Waals surface area contributed by atoms with E-state index in [1.165, 1.54) is 0 Å². The number of nitrogens with one attached hydrogen (secondary N) is 2. The molecule has 4 amide bonds. The molecule has 1 aromatic carbocycles. The smallest absolute Gasteiger partial charge is 0.325 e. The Labute approximate surface area is 142 Å². The van der Waals surface area contributed by atoms with Crippen LogP contribution in [0.4, 0.5) is 4.79 Å². The molecule has 0 aromatic heterocycles. The van der Waals surface area contributed by atoms with Crippen molar-refractivity contribution in [2.75, 3.05) is 6.54 Å². The SMILES string of the molecule is Cc1ccccc1[C@H](C)NC(=O)CN1C(=O)N[C@H](CC(C)C)C1=O. The summed E-state index contributed by atoms with van der Waals surface area (Å²) in [5.74, 6) is -0.388. The van der Waals surface area contributed by atoms with E-state index in [1.54, 1.807) is 0 Å². The van der Waals surface area contributed by atoms with Crippen LogP contribution in [0.1, 0.15) is 44.4 Å². The third-order valence-electron chi connectivity index (χ3n) is 4.15. The summed E-state index contributed by atoms with van der Waals surface area (Å²) in [7, 11) is 0. The molecule has 1 aliphatic rings. The van der Waals surface area contributed by atoms with E-state index in [1.807, 2.05) is 52.0 Å². The van der Waals surface area contributed by atoms with Gasteiger partial charge in [-0.1, -0.05) is 38.1 Å². The molecule has 1 saturated heterocycles. The summed E-state index contributed by atoms with van der Waals surface area (Å²) in [6.45, 7) is 7.58. The Morgan fingerprint density at radius 2 is 1.92 bits per heavy atom. The van der Waals surface area contributed by atoms with E-state index >= 15 is 0 Å². The van der Waals surface area contributed by atoms with Gasteiger partial charge in [0.15, 0.2) is 0 Å². The summed E-state index contributed by atoms with van der Waals surface area (Å²) < 4.78 is 0. The minimum atomic E-state index is -0.529. The number of hydrogen-bond donors (Lipinski definition) is 2. The van der Waals surface area contributed by atoms with Crippen molar-refractivity contribution in [3.8, 4) is 0 Å². The molecule has 1 aromatic rings. The van der Waals surface area contributed by atoms with Crippen LogP contribution in [0.25, 0.3) is 0 Å². The summed E-state index contributed by atoms with van der Waals surface area (Å²) in [5, 5.41) is 5.49. The van der Waals surface area contributed by atoms with E-state index in [4.69, 9.17) is 0 Å². The van der Waals surface area contributed by atoms with E-state index in [-0.39, 0.29) is 30.3 Å². The minimum Gasteiger partial charge on any atom is -0.348 e. The molecular weight excluding hydrogens is 306 g/mol. The minimum absolute atomic E-state index is 0.189. The first kappa shape index (κ1) is 18.0. The van der Waals surface area contributed by atoms with E-state index in [0.29, 0.717) is 6.42 Å². The third-order valence-corrected chi connectivity index (χ3v) is 4.15. The molecule has 0 unspecified atom stereocenters. The Hall–Kier alpha value is -2.37. The molecule has 0 radical (unpaired) electrons. The summed E-state index contributed by atoms with van der Waals surface area (Å²) in [6, 6.07) is 6.57. The highest BCUT2D eigenvalue weighted by Crippen LogP contribution is 2.17. The molecule has 0 aliphatic carbocycles. The number of urea groups is 1. The zero-order valence-electron chi connectivity index (χ0n) is 14.6. The number of amides is 4. The maximum absolute atomic E-state index is 12.3. The van der Waals surface area contributed by atoms with Gasteiger partial charge in [0.05, 0.1) is 6.04 Å². The average Bonchev–Trinajstić information content (AvgIpc) is 2.74. The van der Waals surface area contributed by atoms with E-state index in [2.05, 4.69) is 10.6 Å². The topological polar surface area (TPSA) is 78.5 Å². The monoisotopic (exact) mass is 331 g/mol. The van der Waals surface area contributed by atoms with Crippen LogP contribution in [-0.2, 0) is 9.59 Å². The van der Waals surface area contributed by atoms with E-state index in [0.717, 1.165) is 16.0 Å². The van der Waals surface area contributed by atoms with Crippen LogP contribution in [0.2, 0.25) is 0 Å². The number of benzene rings is 1. The summed E-state index contributed by atoms with van der Waals surface area (Å²) in [6.07, 6.45) is 0.572. The van der Waals surface area contributed by atoms with Crippen molar-refractivity contribution in [3.05, 3.63) is 35.4 Å². The highest BCUT2D eigenvalue weighted by molar-refractivity contribution is 6.06. The maximum Gasteiger partial charge on any atom is 0.325 e. The highest BCUT2D eigenvalue weighted by Gasteiger charge is 2.39. The van der Waals surface area contributed by atoms with Crippen molar-refractivity contribution in [1.29, 1.82) is 0 Å². The van der Waals surface area contributed by atoms with Crippen LogP contribution in [0.3, 0.4) is 0 Å². The lowest BCUT2D eigenvalue weighted by Gasteiger charge is -2.19. The van der Waals surface area contributed by atoms with Gasteiger partial charge in [-0.3, -0.25) is 14.5 Å². The van der Waals surface area contributed by atoms with Crippen LogP contribution < -0.4 is 10.6 Å². The van der Waals surface area contributed by atoms with Crippen LogP contribution in [0.15, 0.2) is 24.3 Å². The van der Waals surface area contributed by atoms with Gasteiger partial charge in [0.1, 0.15) is 12.6 Å². The normalized spacial score (nSPS) is 18.7. The van der Waals surface area contributed by atoms with E-state index < -0.39 is 12.1 Å². The lowest BCUT2D eigenvalue weighted by Crippen LogP contribution is -2.42. The summed E-state index contributed by atoms with van der Waals surface area (Å²) in [4.78, 5) is 37.4. The zero-order chi connectivity index (χ0) is 17.9. The third kappa shape index (κ3) is 4.13. The Balaban J connectivity index is 1.96. The van der Waals surface area contributed by atoms with Crippen LogP contribution in [0.5, 0.6) is 0 Å². The molecule has 2 atom stereocenters. The fraction of sp³-hybridized carbons (Fsp3) is 0.500. The van der Waals surface area contributed by atoms with Gasteiger partial charge >= 0.3 is 6.03 Å². The molecule has 6 heteroatoms. The number of hydrogen-bond acceptors (Lipinski definition) is 3. The number of rotatable bonds is 6. The van der Waals surface area contributed by atoms with Gasteiger partial charge < -0.3 is 10.6 Å². The van der Waals surface area contributed by atoms with Gasteiger partial charge in [0.2, 0.25) is 5.91 Å². The van der Waals surface area contributed by atoms with Crippen molar-refractivity contribution in [2.45, 2.75) is 46.2 Å². The Morgan fingerprint density at radius 3 is 2.54 bits per heavy atom. The van der Waals surface area contributed by atoms with Crippen molar-refractivity contribution >= 4 is 17.8 Å². The molecule has 6 nitrogen and oxygen atoms in total. The number of imide groups is 1. The van der Waals surface area contributed by atoms with Crippen molar-refractivity contribution < 1.29 is 14.4 Å². The number of aryl methyl sites for hydroxylation is 1. The fourth-order valence-electron chi connectivity index (χ4n) is 2.94. The Morgan fingerprint density at radius 1 is 1.25 bits per heavy atom. The lowest BCUT2D eigenvalue weighted by atomic mass is 10.0. The Bertz CT molecular complexity index is 642. The molecule has 1 heterocycles. The molecule has 24 heavy (non-hydrogen) atoms. The number of carbonyl (C=O) groups excluding carboxylic acids is 3. The first-order chi connectivity index (χ1) is 11.3. The Kier molecular flexibility index (Phi) is 5.59. The molecule has 0 spiro atoms. The standard InChI is InChI=1S/C18H25N3O3/c1-11(2)9-15-17(23)21(18(24)20-15)10-16(22)19-13(4)14-8-6-5-7-12(14)3/h5-8,11,13,15H,9-10H2,1-4H3,(H,19,22)(H,20,24)/t13-,15+/m0/s1. The zero-order valence-corrected chi connectivity index (χ0v) is 14.6. The van der Waals surface area contributed by atoms with Crippen LogP contribution in [0, 0.1) is 12.8 Å². The maximum atomic E-state index is 12.3. The number of nitrogens with zero attached hydrogens (tertiary/aromatic N) is 1. The van der Waals surface area contributed by atoms with Crippen molar-refractivity contribution in [2.24, 2.45) is 5.92 Å². The average molecular weight is 331 g/mol. The second kappa shape index (κ2) is 7.47. The predicted octanol–water partition coefficient (Wildman–Crippen LogP) is 2.14. The molecule has 0 saturated carbocycles. The lowest BCUT2D eigenvalue weighted by molar-refractivity contribution is -0.132. The second-order valence-electron chi connectivity index (χ2n) is 6.70. The molecular formula is C18H25N3O3. The quantitative estimate of drug-likeness (QED) is 0.784. The summed E-state index contributed by atoms with van der Waals surface area (Å²) in [5.41, 5.74) is 2.10. The van der Waals surface area contributed by atoms with Gasteiger partial charge in [-0.15, -0.1) is 0 Å². The van der Waals surface area contributed by atoms with E-state index in [9.17, 15) is 14.4 Å². The van der Waals surface area contributed by atoms with Crippen LogP contribution in [-0.4, -0.2) is 35.3 Å². The predicted molar refractivity (Wildman–Crippen MR) is 91.2 cm³/mol. The van der Waals surface area contributed by atoms with Gasteiger partial charge in [-0.25, -0.2) is 4.79 Å². The second-order valence-corrected chi connectivity index (χ2v) is 6.70. The molecule has 0 bridgehead atoms. The molecule has 1 fully saturated rings. The highest BCUT2D eigenvalue weighted by atomic mass is 16.2. The molecule has 2 N–H and O–H groups in total. The van der Waals surface area contributed by atoms with Gasteiger partial charge in [0.25, 0.3) is 5.91 Å². The van der Waals surface area contributed by atoms with Gasteiger partial charge in [0, 0.05) is 0 Å². The number of carbonyl (C=O) groups is 3. The fourth-order valence-corrected chi connectivity index (χ4v) is 2.94.